The summed E-state index contributed by atoms with van der Waals surface area (Å²) in [5, 5.41) is 24.1. The molecule has 0 saturated heterocycles. The van der Waals surface area contributed by atoms with E-state index in [1.54, 1.807) is 12.1 Å². The zero-order valence-corrected chi connectivity index (χ0v) is 19.8. The van der Waals surface area contributed by atoms with Crippen molar-refractivity contribution in [3.63, 3.8) is 0 Å². The lowest BCUT2D eigenvalue weighted by molar-refractivity contribution is 0.260. The summed E-state index contributed by atoms with van der Waals surface area (Å²) in [7, 11) is -8.05. The number of nitrogens with two attached hydrogens (primary N) is 2. The van der Waals surface area contributed by atoms with Crippen LogP contribution in [0.5, 0.6) is 0 Å². The zero-order valence-electron chi connectivity index (χ0n) is 17.4. The molecule has 0 fully saturated rings. The van der Waals surface area contributed by atoms with Gasteiger partial charge >= 0.3 is 0 Å². The maximum absolute atomic E-state index is 13.6. The number of tetrazole rings is 1. The normalized spacial score (nSPS) is 19.7. The van der Waals surface area contributed by atoms with E-state index in [0.29, 0.717) is 23.2 Å². The van der Waals surface area contributed by atoms with Crippen molar-refractivity contribution in [2.24, 2.45) is 15.2 Å². The molecule has 0 saturated carbocycles. The van der Waals surface area contributed by atoms with Gasteiger partial charge in [0, 0.05) is 13.1 Å². The molecule has 1 unspecified atom stereocenters. The Balaban J connectivity index is 1.77. The monoisotopic (exact) mass is 521 g/mol. The standard InChI is InChI=1S/C18H19N9O4S3/c19-6-10(8-28)24-33(29)14-4-2-11(9-1-3-13-12(5-9)21-15(7-20)32-13)16(18-22-25-26-23-18)17(14)34(30,31)27-33/h1-5,10,28H,6-8,19-20H2,(H,24,27,29)(H,22,23,25,26)/t10-,33?/m0/s1. The lowest BCUT2D eigenvalue weighted by Gasteiger charge is -2.16. The van der Waals surface area contributed by atoms with Gasteiger partial charge in [-0.05, 0) is 34.5 Å². The summed E-state index contributed by atoms with van der Waals surface area (Å²) in [6.07, 6.45) is 0. The van der Waals surface area contributed by atoms with Crippen LogP contribution in [-0.4, -0.2) is 62.5 Å². The van der Waals surface area contributed by atoms with Crippen molar-refractivity contribution in [2.45, 2.75) is 22.4 Å². The molecule has 0 amide bonds. The van der Waals surface area contributed by atoms with Crippen LogP contribution >= 0.6 is 11.3 Å². The number of thiazole rings is 1. The zero-order chi connectivity index (χ0) is 24.1. The summed E-state index contributed by atoms with van der Waals surface area (Å²) in [6, 6.07) is 7.72. The number of sulfonamides is 1. The molecule has 34 heavy (non-hydrogen) atoms. The van der Waals surface area contributed by atoms with E-state index >= 15 is 0 Å². The first-order chi connectivity index (χ1) is 16.3. The number of fused-ring (bicyclic) bond motifs is 2. The summed E-state index contributed by atoms with van der Waals surface area (Å²) >= 11 is 1.47. The van der Waals surface area contributed by atoms with Crippen molar-refractivity contribution in [1.29, 1.82) is 0 Å². The fourth-order valence-electron chi connectivity index (χ4n) is 3.68. The summed E-state index contributed by atoms with van der Waals surface area (Å²) in [4.78, 5) is 4.14. The Kier molecular flexibility index (Phi) is 5.67. The molecule has 0 aliphatic carbocycles. The molecule has 1 aliphatic rings. The van der Waals surface area contributed by atoms with E-state index in [0.717, 1.165) is 9.71 Å². The number of H-pyrrole nitrogens is 1. The molecule has 2 aromatic heterocycles. The van der Waals surface area contributed by atoms with E-state index in [-0.39, 0.29) is 27.7 Å². The summed E-state index contributed by atoms with van der Waals surface area (Å²) in [6.45, 7) is -0.223. The molecule has 5 rings (SSSR count). The van der Waals surface area contributed by atoms with Gasteiger partial charge in [0.15, 0.2) is 9.92 Å². The van der Waals surface area contributed by atoms with Crippen molar-refractivity contribution in [3.05, 3.63) is 35.3 Å². The summed E-state index contributed by atoms with van der Waals surface area (Å²) < 4.78 is 47.2. The van der Waals surface area contributed by atoms with Gasteiger partial charge in [0.1, 0.15) is 9.90 Å². The molecular weight excluding hydrogens is 502 g/mol. The Bertz CT molecular complexity index is 1620. The van der Waals surface area contributed by atoms with E-state index in [1.165, 1.54) is 17.4 Å². The average molecular weight is 522 g/mol. The van der Waals surface area contributed by atoms with Gasteiger partial charge in [-0.25, -0.2) is 13.9 Å². The number of hydrogen-bond donors (Lipinski definition) is 5. The number of hydrogen-bond acceptors (Lipinski definition) is 11. The number of rotatable bonds is 7. The quantitative estimate of drug-likeness (QED) is 0.218. The van der Waals surface area contributed by atoms with E-state index in [2.05, 4.69) is 34.1 Å². The molecule has 7 N–H and O–H groups in total. The minimum Gasteiger partial charge on any atom is -0.395 e. The topological polar surface area (TPSA) is 215 Å². The molecule has 2 atom stereocenters. The molecule has 4 aromatic rings. The van der Waals surface area contributed by atoms with Crippen molar-refractivity contribution in [1.82, 2.24) is 30.3 Å². The molecule has 3 heterocycles. The van der Waals surface area contributed by atoms with Gasteiger partial charge in [-0.1, -0.05) is 15.9 Å². The molecule has 0 spiro atoms. The fraction of sp³-hybridized carbons (Fsp3) is 0.222. The van der Waals surface area contributed by atoms with Gasteiger partial charge in [0.2, 0.25) is 5.82 Å². The van der Waals surface area contributed by atoms with Gasteiger partial charge in [-0.2, -0.15) is 13.6 Å². The van der Waals surface area contributed by atoms with E-state index in [4.69, 9.17) is 11.5 Å². The smallest absolute Gasteiger partial charge is 0.293 e. The third kappa shape index (κ3) is 3.68. The lowest BCUT2D eigenvalue weighted by atomic mass is 9.99. The molecule has 13 nitrogen and oxygen atoms in total. The third-order valence-electron chi connectivity index (χ3n) is 5.20. The Hall–Kier alpha value is -2.86. The number of aliphatic hydroxyl groups excluding tert-OH is 1. The SMILES string of the molecule is NCc1nc2cc(-c3ccc4c(c3-c3nn[nH]n3)S(=O)(=O)N=S4(=O)N[C@@H](CN)CO)ccc2s1. The number of aromatic amines is 1. The average Bonchev–Trinajstić information content (AvgIpc) is 3.54. The molecule has 16 heteroatoms. The third-order valence-corrected chi connectivity index (χ3v) is 10.5. The molecule has 0 bridgehead atoms. The number of nitrogens with one attached hydrogen (secondary N) is 2. The van der Waals surface area contributed by atoms with Gasteiger partial charge in [-0.15, -0.1) is 21.5 Å². The van der Waals surface area contributed by atoms with Crippen LogP contribution in [0, 0.1) is 0 Å². The number of aromatic nitrogens is 5. The maximum Gasteiger partial charge on any atom is 0.293 e. The number of nitrogens with zero attached hydrogens (tertiary/aromatic N) is 5. The molecule has 1 aliphatic heterocycles. The summed E-state index contributed by atoms with van der Waals surface area (Å²) in [5.41, 5.74) is 13.2. The first-order valence-corrected chi connectivity index (χ1v) is 13.7. The van der Waals surface area contributed by atoms with Crippen LogP contribution < -0.4 is 16.2 Å². The predicted molar refractivity (Wildman–Crippen MR) is 125 cm³/mol. The van der Waals surface area contributed by atoms with Crippen LogP contribution in [0.1, 0.15) is 5.01 Å². The Morgan fingerprint density at radius 2 is 2.00 bits per heavy atom. The first-order valence-electron chi connectivity index (χ1n) is 9.92. The second kappa shape index (κ2) is 8.42. The van der Waals surface area contributed by atoms with Gasteiger partial charge in [0.05, 0.1) is 33.3 Å². The first kappa shape index (κ1) is 22.9. The number of benzene rings is 2. The molecule has 178 valence electrons. The van der Waals surface area contributed by atoms with E-state index < -0.39 is 32.6 Å². The highest BCUT2D eigenvalue weighted by atomic mass is 32.3. The molecular formula is C18H19N9O4S3. The van der Waals surface area contributed by atoms with Gasteiger partial charge < -0.3 is 16.6 Å². The summed E-state index contributed by atoms with van der Waals surface area (Å²) in [5.74, 6) is -0.00664. The van der Waals surface area contributed by atoms with Crippen molar-refractivity contribution in [3.8, 4) is 22.5 Å². The van der Waals surface area contributed by atoms with Crippen molar-refractivity contribution < 1.29 is 17.7 Å². The highest BCUT2D eigenvalue weighted by Gasteiger charge is 2.40. The van der Waals surface area contributed by atoms with Gasteiger partial charge in [-0.3, -0.25) is 0 Å². The minimum absolute atomic E-state index is 0.00664. The van der Waals surface area contributed by atoms with Crippen LogP contribution in [0.15, 0.2) is 43.9 Å². The van der Waals surface area contributed by atoms with Crippen molar-refractivity contribution >= 4 is 41.5 Å². The molecule has 0 radical (unpaired) electrons. The van der Waals surface area contributed by atoms with Crippen LogP contribution in [-0.2, 0) is 26.5 Å². The number of aliphatic hydroxyl groups is 1. The second-order valence-electron chi connectivity index (χ2n) is 7.35. The van der Waals surface area contributed by atoms with Crippen LogP contribution in [0.25, 0.3) is 32.7 Å². The Morgan fingerprint density at radius 3 is 2.68 bits per heavy atom. The van der Waals surface area contributed by atoms with Crippen LogP contribution in [0.2, 0.25) is 0 Å². The van der Waals surface area contributed by atoms with Crippen molar-refractivity contribution in [2.75, 3.05) is 13.2 Å². The predicted octanol–water partition coefficient (Wildman–Crippen LogP) is -0.0445. The van der Waals surface area contributed by atoms with E-state index in [9.17, 15) is 17.7 Å². The molecule has 2 aromatic carbocycles. The second-order valence-corrected chi connectivity index (χ2v) is 12.2. The Morgan fingerprint density at radius 1 is 1.18 bits per heavy atom. The van der Waals surface area contributed by atoms with Crippen LogP contribution in [0.4, 0.5) is 0 Å². The largest absolute Gasteiger partial charge is 0.395 e. The fourth-order valence-corrected chi connectivity index (χ4v) is 9.20. The van der Waals surface area contributed by atoms with E-state index in [1.807, 2.05) is 12.1 Å². The minimum atomic E-state index is -4.39. The Labute approximate surface area is 198 Å². The van der Waals surface area contributed by atoms with Gasteiger partial charge in [0.25, 0.3) is 10.0 Å². The van der Waals surface area contributed by atoms with Crippen LogP contribution in [0.3, 0.4) is 0 Å². The lowest BCUT2D eigenvalue weighted by Crippen LogP contribution is -2.42. The maximum atomic E-state index is 13.6. The highest BCUT2D eigenvalue weighted by molar-refractivity contribution is 8.05. The highest BCUT2D eigenvalue weighted by Crippen LogP contribution is 2.44.